The molecule has 0 aliphatic rings. The quantitative estimate of drug-likeness (QED) is 0.210. The number of carbonyl (C=O) groups is 1. The number of pyridine rings is 1. The highest BCUT2D eigenvalue weighted by atomic mass is 127. The van der Waals surface area contributed by atoms with Gasteiger partial charge in [-0.05, 0) is 30.5 Å². The fraction of sp³-hybridized carbons (Fsp3) is 0.409. The number of amides is 1. The Kier molecular flexibility index (Phi) is 11.3. The normalized spacial score (nSPS) is 11.3. The van der Waals surface area contributed by atoms with E-state index in [1.54, 1.807) is 31.6 Å². The maximum atomic E-state index is 12.0. The molecule has 0 saturated carbocycles. The van der Waals surface area contributed by atoms with E-state index in [2.05, 4.69) is 64.0 Å². The molecule has 1 amide bonds. The molecule has 6 nitrogen and oxygen atoms in total. The zero-order valence-corrected chi connectivity index (χ0v) is 19.8. The van der Waals surface area contributed by atoms with Gasteiger partial charge in [-0.3, -0.25) is 14.8 Å². The summed E-state index contributed by atoms with van der Waals surface area (Å²) in [6.45, 7) is 6.33. The second kappa shape index (κ2) is 13.1. The summed E-state index contributed by atoms with van der Waals surface area (Å²) in [5, 5.41) is 9.58. The lowest BCUT2D eigenvalue weighted by molar-refractivity contribution is 0.0954. The largest absolute Gasteiger partial charge is 0.356 e. The maximum Gasteiger partial charge on any atom is 0.252 e. The highest BCUT2D eigenvalue weighted by Gasteiger charge is 2.28. The fourth-order valence-corrected chi connectivity index (χ4v) is 3.23. The number of nitrogens with zero attached hydrogens (tertiary/aromatic N) is 2. The second-order valence-corrected chi connectivity index (χ2v) is 6.70. The van der Waals surface area contributed by atoms with Crippen molar-refractivity contribution in [1.82, 2.24) is 20.9 Å². The molecule has 1 aromatic carbocycles. The zero-order chi connectivity index (χ0) is 20.2. The van der Waals surface area contributed by atoms with Crippen LogP contribution in [-0.4, -0.2) is 43.5 Å². The van der Waals surface area contributed by atoms with Crippen LogP contribution in [0.5, 0.6) is 0 Å². The molecular formula is C22H32IN5O. The third-order valence-electron chi connectivity index (χ3n) is 5.18. The Morgan fingerprint density at radius 3 is 2.28 bits per heavy atom. The summed E-state index contributed by atoms with van der Waals surface area (Å²) < 4.78 is 0. The molecule has 29 heavy (non-hydrogen) atoms. The molecule has 2 aromatic rings. The molecule has 0 radical (unpaired) electrons. The Morgan fingerprint density at radius 2 is 1.69 bits per heavy atom. The van der Waals surface area contributed by atoms with E-state index in [4.69, 9.17) is 0 Å². The smallest absolute Gasteiger partial charge is 0.252 e. The third-order valence-corrected chi connectivity index (χ3v) is 5.18. The molecule has 1 aromatic heterocycles. The van der Waals surface area contributed by atoms with Crippen LogP contribution in [0.1, 0.15) is 42.6 Å². The molecule has 0 unspecified atom stereocenters. The molecule has 0 aliphatic heterocycles. The number of aromatic nitrogens is 1. The van der Waals surface area contributed by atoms with Gasteiger partial charge in [-0.25, -0.2) is 0 Å². The molecular weight excluding hydrogens is 477 g/mol. The minimum atomic E-state index is -0.127. The first-order valence-corrected chi connectivity index (χ1v) is 9.83. The van der Waals surface area contributed by atoms with E-state index in [1.165, 1.54) is 5.56 Å². The van der Waals surface area contributed by atoms with E-state index in [-0.39, 0.29) is 35.3 Å². The van der Waals surface area contributed by atoms with Gasteiger partial charge in [0.05, 0.1) is 5.56 Å². The molecule has 3 N–H and O–H groups in total. The van der Waals surface area contributed by atoms with Gasteiger partial charge in [0.2, 0.25) is 0 Å². The lowest BCUT2D eigenvalue weighted by Gasteiger charge is -2.33. The van der Waals surface area contributed by atoms with Crippen LogP contribution in [0.4, 0.5) is 0 Å². The summed E-state index contributed by atoms with van der Waals surface area (Å²) in [4.78, 5) is 20.3. The molecule has 0 aliphatic carbocycles. The Hall–Kier alpha value is -2.16. The summed E-state index contributed by atoms with van der Waals surface area (Å²) >= 11 is 0. The lowest BCUT2D eigenvalue weighted by Crippen LogP contribution is -2.47. The van der Waals surface area contributed by atoms with Crippen molar-refractivity contribution in [1.29, 1.82) is 0 Å². The second-order valence-electron chi connectivity index (χ2n) is 6.70. The summed E-state index contributed by atoms with van der Waals surface area (Å²) in [7, 11) is 1.76. The number of hydrogen-bond acceptors (Lipinski definition) is 3. The van der Waals surface area contributed by atoms with Crippen molar-refractivity contribution >= 4 is 35.8 Å². The van der Waals surface area contributed by atoms with Crippen LogP contribution in [0.15, 0.2) is 59.9 Å². The number of rotatable bonds is 9. The van der Waals surface area contributed by atoms with Crippen LogP contribution in [0, 0.1) is 0 Å². The Labute approximate surface area is 191 Å². The summed E-state index contributed by atoms with van der Waals surface area (Å²) in [5.41, 5.74) is 1.96. The van der Waals surface area contributed by atoms with Crippen molar-refractivity contribution in [3.05, 3.63) is 66.0 Å². The summed E-state index contributed by atoms with van der Waals surface area (Å²) in [6.07, 6.45) is 5.29. The Bertz CT molecular complexity index is 748. The van der Waals surface area contributed by atoms with Gasteiger partial charge in [-0.15, -0.1) is 24.0 Å². The highest BCUT2D eigenvalue weighted by molar-refractivity contribution is 14.0. The average molecular weight is 509 g/mol. The number of nitrogens with one attached hydrogen (secondary N) is 3. The van der Waals surface area contributed by atoms with Gasteiger partial charge in [-0.1, -0.05) is 44.2 Å². The van der Waals surface area contributed by atoms with Crippen molar-refractivity contribution in [3.63, 3.8) is 0 Å². The van der Waals surface area contributed by atoms with E-state index < -0.39 is 0 Å². The number of guanidine groups is 1. The van der Waals surface area contributed by atoms with Gasteiger partial charge < -0.3 is 16.0 Å². The molecule has 0 spiro atoms. The fourth-order valence-electron chi connectivity index (χ4n) is 3.23. The predicted molar refractivity (Wildman–Crippen MR) is 130 cm³/mol. The van der Waals surface area contributed by atoms with Crippen LogP contribution in [0.3, 0.4) is 0 Å². The number of benzene rings is 1. The molecule has 1 heterocycles. The zero-order valence-electron chi connectivity index (χ0n) is 17.4. The average Bonchev–Trinajstić information content (AvgIpc) is 2.77. The predicted octanol–water partition coefficient (Wildman–Crippen LogP) is 3.35. The van der Waals surface area contributed by atoms with E-state index >= 15 is 0 Å². The minimum absolute atomic E-state index is 0. The maximum absolute atomic E-state index is 12.0. The molecule has 0 bridgehead atoms. The summed E-state index contributed by atoms with van der Waals surface area (Å²) in [6, 6.07) is 14.1. The van der Waals surface area contributed by atoms with Gasteiger partial charge in [0, 0.05) is 44.5 Å². The van der Waals surface area contributed by atoms with Crippen LogP contribution >= 0.6 is 24.0 Å². The van der Waals surface area contributed by atoms with Crippen LogP contribution in [0.2, 0.25) is 0 Å². The van der Waals surface area contributed by atoms with Gasteiger partial charge in [0.15, 0.2) is 5.96 Å². The molecule has 158 valence electrons. The van der Waals surface area contributed by atoms with Crippen LogP contribution < -0.4 is 16.0 Å². The molecule has 2 rings (SSSR count). The molecule has 0 saturated heterocycles. The Balaban J connectivity index is 0.00000420. The van der Waals surface area contributed by atoms with Crippen molar-refractivity contribution in [2.24, 2.45) is 4.99 Å². The minimum Gasteiger partial charge on any atom is -0.356 e. The molecule has 0 atom stereocenters. The SMILES string of the molecule is CCC(CC)(CNC(=NC)NCCNC(=O)c1cccnc1)c1ccccc1.I. The van der Waals surface area contributed by atoms with Crippen molar-refractivity contribution in [2.45, 2.75) is 32.1 Å². The van der Waals surface area contributed by atoms with Gasteiger partial charge in [-0.2, -0.15) is 0 Å². The number of aliphatic imine (C=N–C) groups is 1. The van der Waals surface area contributed by atoms with Crippen molar-refractivity contribution in [3.8, 4) is 0 Å². The van der Waals surface area contributed by atoms with Crippen molar-refractivity contribution < 1.29 is 4.79 Å². The number of carbonyl (C=O) groups excluding carboxylic acids is 1. The first kappa shape index (κ1) is 24.9. The standard InChI is InChI=1S/C22H31N5O.HI/c1-4-22(5-2,19-11-7-6-8-12-19)17-27-21(23-3)26-15-14-25-20(28)18-10-9-13-24-16-18;/h6-13,16H,4-5,14-15,17H2,1-3H3,(H,25,28)(H2,23,26,27);1H. The van der Waals surface area contributed by atoms with Gasteiger partial charge >= 0.3 is 0 Å². The monoisotopic (exact) mass is 509 g/mol. The van der Waals surface area contributed by atoms with Crippen LogP contribution in [0.25, 0.3) is 0 Å². The molecule has 0 fully saturated rings. The Morgan fingerprint density at radius 1 is 1.00 bits per heavy atom. The summed E-state index contributed by atoms with van der Waals surface area (Å²) in [5.74, 6) is 0.607. The topological polar surface area (TPSA) is 78.4 Å². The van der Waals surface area contributed by atoms with Gasteiger partial charge in [0.1, 0.15) is 0 Å². The van der Waals surface area contributed by atoms with E-state index in [9.17, 15) is 4.79 Å². The van der Waals surface area contributed by atoms with E-state index in [0.717, 1.165) is 25.3 Å². The third kappa shape index (κ3) is 7.30. The van der Waals surface area contributed by atoms with Gasteiger partial charge in [0.25, 0.3) is 5.91 Å². The number of halogens is 1. The first-order chi connectivity index (χ1) is 13.6. The highest BCUT2D eigenvalue weighted by Crippen LogP contribution is 2.30. The number of hydrogen-bond donors (Lipinski definition) is 3. The van der Waals surface area contributed by atoms with E-state index in [1.807, 2.05) is 6.07 Å². The lowest BCUT2D eigenvalue weighted by atomic mass is 9.76. The van der Waals surface area contributed by atoms with Crippen molar-refractivity contribution in [2.75, 3.05) is 26.7 Å². The first-order valence-electron chi connectivity index (χ1n) is 9.83. The van der Waals surface area contributed by atoms with E-state index in [0.29, 0.717) is 18.7 Å². The van der Waals surface area contributed by atoms with Crippen LogP contribution in [-0.2, 0) is 5.41 Å². The molecule has 7 heteroatoms.